The van der Waals surface area contributed by atoms with Gasteiger partial charge in [-0.1, -0.05) is 48.2 Å². The van der Waals surface area contributed by atoms with Crippen molar-refractivity contribution >= 4 is 29.2 Å². The predicted octanol–water partition coefficient (Wildman–Crippen LogP) is 3.89. The second-order valence-corrected chi connectivity index (χ2v) is 6.75. The van der Waals surface area contributed by atoms with Crippen molar-refractivity contribution in [2.75, 3.05) is 11.4 Å². The second-order valence-electron chi connectivity index (χ2n) is 5.72. The maximum absolute atomic E-state index is 12.9. The fourth-order valence-electron chi connectivity index (χ4n) is 3.41. The van der Waals surface area contributed by atoms with Gasteiger partial charge in [0, 0.05) is 22.6 Å². The molecule has 5 heteroatoms. The van der Waals surface area contributed by atoms with Crippen molar-refractivity contribution in [1.82, 2.24) is 0 Å². The van der Waals surface area contributed by atoms with Crippen LogP contribution >= 0.6 is 11.8 Å². The number of carbonyl (C=O) groups is 2. The molecule has 24 heavy (non-hydrogen) atoms. The minimum atomic E-state index is -0.983. The molecule has 0 saturated heterocycles. The van der Waals surface area contributed by atoms with Crippen LogP contribution in [0.2, 0.25) is 0 Å². The molecule has 1 N–H and O–H groups in total. The maximum Gasteiger partial charge on any atom is 0.315 e. The highest BCUT2D eigenvalue weighted by Gasteiger charge is 2.43. The number of hydrogen-bond acceptors (Lipinski definition) is 4. The van der Waals surface area contributed by atoms with E-state index in [2.05, 4.69) is 0 Å². The van der Waals surface area contributed by atoms with Gasteiger partial charge >= 0.3 is 5.97 Å². The van der Waals surface area contributed by atoms with Crippen LogP contribution in [-0.4, -0.2) is 23.4 Å². The van der Waals surface area contributed by atoms with Crippen molar-refractivity contribution in [3.63, 3.8) is 0 Å². The Bertz CT molecular complexity index is 903. The molecule has 2 aliphatic rings. The molecule has 1 unspecified atom stereocenters. The Morgan fingerprint density at radius 3 is 2.62 bits per heavy atom. The molecular formula is C19H15NO3S. The highest BCUT2D eigenvalue weighted by atomic mass is 32.2. The Morgan fingerprint density at radius 1 is 1.17 bits per heavy atom. The van der Waals surface area contributed by atoms with Gasteiger partial charge in [-0.05, 0) is 24.6 Å². The molecule has 2 aromatic carbocycles. The van der Waals surface area contributed by atoms with Crippen LogP contribution in [0, 0.1) is 0 Å². The number of para-hydroxylation sites is 1. The summed E-state index contributed by atoms with van der Waals surface area (Å²) in [5.74, 6) is -2.06. The number of carboxylic acids is 1. The zero-order valence-electron chi connectivity index (χ0n) is 13.0. The van der Waals surface area contributed by atoms with Gasteiger partial charge in [0.15, 0.2) is 5.78 Å². The molecule has 1 atom stereocenters. The van der Waals surface area contributed by atoms with Crippen molar-refractivity contribution < 1.29 is 14.7 Å². The zero-order chi connectivity index (χ0) is 16.8. The van der Waals surface area contributed by atoms with Crippen LogP contribution in [0.3, 0.4) is 0 Å². The molecule has 0 aromatic heterocycles. The molecule has 0 radical (unpaired) electrons. The number of rotatable bonds is 2. The predicted molar refractivity (Wildman–Crippen MR) is 93.5 cm³/mol. The summed E-state index contributed by atoms with van der Waals surface area (Å²) < 4.78 is 0. The van der Waals surface area contributed by atoms with Crippen LogP contribution in [-0.2, 0) is 4.79 Å². The minimum absolute atomic E-state index is 0.174. The lowest BCUT2D eigenvalue weighted by Gasteiger charge is -2.21. The summed E-state index contributed by atoms with van der Waals surface area (Å²) in [6.45, 7) is 2.68. The monoisotopic (exact) mass is 337 g/mol. The summed E-state index contributed by atoms with van der Waals surface area (Å²) >= 11 is 1.48. The van der Waals surface area contributed by atoms with Crippen molar-refractivity contribution in [1.29, 1.82) is 0 Å². The topological polar surface area (TPSA) is 57.6 Å². The summed E-state index contributed by atoms with van der Waals surface area (Å²) in [7, 11) is 0. The summed E-state index contributed by atoms with van der Waals surface area (Å²) in [6.07, 6.45) is 0. The van der Waals surface area contributed by atoms with Gasteiger partial charge in [0.05, 0.1) is 10.7 Å². The SMILES string of the molecule is CCN1/C(=C2\C(=O)c3ccccc3C2C(=O)O)Sc2ccccc21. The van der Waals surface area contributed by atoms with Crippen molar-refractivity contribution in [3.8, 4) is 0 Å². The van der Waals surface area contributed by atoms with E-state index < -0.39 is 11.9 Å². The van der Waals surface area contributed by atoms with E-state index in [1.54, 1.807) is 24.3 Å². The molecule has 4 rings (SSSR count). The van der Waals surface area contributed by atoms with Gasteiger partial charge in [0.2, 0.25) is 0 Å². The standard InChI is InChI=1S/C19H15NO3S/c1-2-20-13-9-5-6-10-14(13)24-18(20)16-15(19(22)23)11-7-3-4-8-12(11)17(16)21/h3-10,15H,2H2,1H3,(H,22,23)/b18-16+. The van der Waals surface area contributed by atoms with E-state index in [9.17, 15) is 14.7 Å². The molecule has 0 bridgehead atoms. The van der Waals surface area contributed by atoms with Crippen LogP contribution in [0.25, 0.3) is 0 Å². The Morgan fingerprint density at radius 2 is 1.88 bits per heavy atom. The fraction of sp³-hybridized carbons (Fsp3) is 0.158. The molecule has 1 aliphatic carbocycles. The molecule has 1 heterocycles. The maximum atomic E-state index is 12.9. The number of anilines is 1. The van der Waals surface area contributed by atoms with Crippen molar-refractivity contribution in [3.05, 3.63) is 70.3 Å². The highest BCUT2D eigenvalue weighted by Crippen LogP contribution is 2.51. The van der Waals surface area contributed by atoms with Gasteiger partial charge in [-0.3, -0.25) is 9.59 Å². The van der Waals surface area contributed by atoms with Gasteiger partial charge in [-0.2, -0.15) is 0 Å². The highest BCUT2D eigenvalue weighted by molar-refractivity contribution is 8.03. The number of carbonyl (C=O) groups excluding carboxylic acids is 1. The Labute approximate surface area is 143 Å². The molecule has 0 fully saturated rings. The lowest BCUT2D eigenvalue weighted by Crippen LogP contribution is -2.22. The molecule has 4 nitrogen and oxygen atoms in total. The fourth-order valence-corrected chi connectivity index (χ4v) is 4.71. The number of aliphatic carboxylic acids is 1. The third-order valence-electron chi connectivity index (χ3n) is 4.45. The number of Topliss-reactive ketones (excluding diaryl/α,β-unsaturated/α-hetero) is 1. The summed E-state index contributed by atoms with van der Waals surface area (Å²) in [4.78, 5) is 28.0. The number of carboxylic acid groups (broad SMARTS) is 1. The number of hydrogen-bond donors (Lipinski definition) is 1. The molecule has 0 spiro atoms. The Kier molecular flexibility index (Phi) is 3.46. The van der Waals surface area contributed by atoms with Crippen LogP contribution in [0.1, 0.15) is 28.8 Å². The summed E-state index contributed by atoms with van der Waals surface area (Å²) in [6, 6.07) is 14.9. The van der Waals surface area contributed by atoms with E-state index in [-0.39, 0.29) is 5.78 Å². The van der Waals surface area contributed by atoms with E-state index in [0.717, 1.165) is 15.6 Å². The second kappa shape index (κ2) is 5.53. The molecular weight excluding hydrogens is 322 g/mol. The summed E-state index contributed by atoms with van der Waals surface area (Å²) in [5, 5.41) is 10.5. The average Bonchev–Trinajstić information content (AvgIpc) is 3.10. The lowest BCUT2D eigenvalue weighted by molar-refractivity contribution is -0.137. The first kappa shape index (κ1) is 15.0. The summed E-state index contributed by atoms with van der Waals surface area (Å²) in [5.41, 5.74) is 2.50. The number of benzene rings is 2. The smallest absolute Gasteiger partial charge is 0.315 e. The van der Waals surface area contributed by atoms with E-state index >= 15 is 0 Å². The number of nitrogens with zero attached hydrogens (tertiary/aromatic N) is 1. The van der Waals surface area contributed by atoms with Gasteiger partial charge in [0.1, 0.15) is 5.92 Å². The Balaban J connectivity index is 1.94. The van der Waals surface area contributed by atoms with Gasteiger partial charge in [0.25, 0.3) is 0 Å². The molecule has 120 valence electrons. The first-order valence-electron chi connectivity index (χ1n) is 7.78. The minimum Gasteiger partial charge on any atom is -0.481 e. The molecule has 0 saturated carbocycles. The third kappa shape index (κ3) is 2.01. The van der Waals surface area contributed by atoms with Crippen molar-refractivity contribution in [2.45, 2.75) is 17.7 Å². The number of ketones is 1. The number of fused-ring (bicyclic) bond motifs is 2. The lowest BCUT2D eigenvalue weighted by atomic mass is 9.98. The zero-order valence-corrected chi connectivity index (χ0v) is 13.8. The first-order valence-corrected chi connectivity index (χ1v) is 8.60. The largest absolute Gasteiger partial charge is 0.481 e. The van der Waals surface area contributed by atoms with E-state index in [1.165, 1.54) is 11.8 Å². The van der Waals surface area contributed by atoms with Gasteiger partial charge in [-0.15, -0.1) is 0 Å². The van der Waals surface area contributed by atoms with Crippen LogP contribution < -0.4 is 4.90 Å². The number of thioether (sulfide) groups is 1. The van der Waals surface area contributed by atoms with Crippen LogP contribution in [0.4, 0.5) is 5.69 Å². The van der Waals surface area contributed by atoms with Crippen molar-refractivity contribution in [2.24, 2.45) is 0 Å². The van der Waals surface area contributed by atoms with E-state index in [4.69, 9.17) is 0 Å². The van der Waals surface area contributed by atoms with E-state index in [0.29, 0.717) is 23.2 Å². The molecule has 1 aliphatic heterocycles. The molecule has 2 aromatic rings. The van der Waals surface area contributed by atoms with Gasteiger partial charge < -0.3 is 10.0 Å². The Hall–Kier alpha value is -2.53. The average molecular weight is 337 g/mol. The molecule has 0 amide bonds. The first-order chi connectivity index (χ1) is 11.6. The van der Waals surface area contributed by atoms with Crippen LogP contribution in [0.15, 0.2) is 64.0 Å². The quantitative estimate of drug-likeness (QED) is 0.843. The normalized spacial score (nSPS) is 21.8. The van der Waals surface area contributed by atoms with E-state index in [1.807, 2.05) is 36.1 Å². The van der Waals surface area contributed by atoms with Crippen LogP contribution in [0.5, 0.6) is 0 Å². The third-order valence-corrected chi connectivity index (χ3v) is 5.65. The van der Waals surface area contributed by atoms with Gasteiger partial charge in [-0.25, -0.2) is 0 Å².